The molecule has 2 saturated heterocycles. The summed E-state index contributed by atoms with van der Waals surface area (Å²) in [5, 5.41) is 12.3. The van der Waals surface area contributed by atoms with Crippen molar-refractivity contribution in [3.05, 3.63) is 24.0 Å². The third kappa shape index (κ3) is 4.70. The summed E-state index contributed by atoms with van der Waals surface area (Å²) in [7, 11) is 0. The van der Waals surface area contributed by atoms with Crippen molar-refractivity contribution < 1.29 is 4.79 Å². The van der Waals surface area contributed by atoms with Gasteiger partial charge in [0, 0.05) is 31.7 Å². The van der Waals surface area contributed by atoms with Crippen LogP contribution in [0, 0.1) is 17.2 Å². The molecule has 2 aliphatic rings. The lowest BCUT2D eigenvalue weighted by Crippen LogP contribution is -2.41. The van der Waals surface area contributed by atoms with Crippen LogP contribution in [0.15, 0.2) is 18.5 Å². The lowest BCUT2D eigenvalue weighted by Gasteiger charge is -2.33. The SMILES string of the molecule is N#Cc1ccncc1N1CCC(C(=O)NCCCN2CCCC2)CC1. The number of nitrogens with one attached hydrogen (secondary N) is 1. The molecule has 134 valence electrons. The van der Waals surface area contributed by atoms with E-state index < -0.39 is 0 Å². The largest absolute Gasteiger partial charge is 0.369 e. The van der Waals surface area contributed by atoms with Crippen molar-refractivity contribution in [3.63, 3.8) is 0 Å². The summed E-state index contributed by atoms with van der Waals surface area (Å²) in [6, 6.07) is 3.96. The van der Waals surface area contributed by atoms with Crippen molar-refractivity contribution in [2.45, 2.75) is 32.1 Å². The summed E-state index contributed by atoms with van der Waals surface area (Å²) in [5.41, 5.74) is 1.54. The minimum atomic E-state index is 0.0882. The van der Waals surface area contributed by atoms with Gasteiger partial charge in [-0.1, -0.05) is 0 Å². The minimum absolute atomic E-state index is 0.0882. The van der Waals surface area contributed by atoms with E-state index in [9.17, 15) is 10.1 Å². The molecule has 2 fully saturated rings. The number of piperidine rings is 1. The van der Waals surface area contributed by atoms with Gasteiger partial charge >= 0.3 is 0 Å². The number of carbonyl (C=O) groups excluding carboxylic acids is 1. The number of rotatable bonds is 6. The maximum Gasteiger partial charge on any atom is 0.223 e. The predicted molar refractivity (Wildman–Crippen MR) is 97.2 cm³/mol. The van der Waals surface area contributed by atoms with Gasteiger partial charge in [-0.05, 0) is 57.8 Å². The molecule has 0 spiro atoms. The first kappa shape index (κ1) is 17.7. The summed E-state index contributed by atoms with van der Waals surface area (Å²) < 4.78 is 0. The standard InChI is InChI=1S/C19H27N5O/c20-14-17-4-8-21-15-18(17)24-12-5-16(6-13-24)19(25)22-7-3-11-23-9-1-2-10-23/h4,8,15-16H,1-3,5-7,9-13H2,(H,22,25). The van der Waals surface area contributed by atoms with Gasteiger partial charge in [-0.15, -0.1) is 0 Å². The summed E-state index contributed by atoms with van der Waals surface area (Å²) in [6.07, 6.45) is 8.72. The number of nitrogens with zero attached hydrogens (tertiary/aromatic N) is 4. The van der Waals surface area contributed by atoms with E-state index in [-0.39, 0.29) is 11.8 Å². The predicted octanol–water partition coefficient (Wildman–Crippen LogP) is 1.77. The zero-order valence-electron chi connectivity index (χ0n) is 14.8. The Labute approximate surface area is 149 Å². The van der Waals surface area contributed by atoms with Crippen molar-refractivity contribution in [2.75, 3.05) is 44.2 Å². The number of hydrogen-bond donors (Lipinski definition) is 1. The summed E-state index contributed by atoms with van der Waals surface area (Å²) in [5.74, 6) is 0.276. The van der Waals surface area contributed by atoms with E-state index >= 15 is 0 Å². The molecule has 0 saturated carbocycles. The van der Waals surface area contributed by atoms with Crippen molar-refractivity contribution in [1.82, 2.24) is 15.2 Å². The molecule has 1 aromatic heterocycles. The van der Waals surface area contributed by atoms with Crippen molar-refractivity contribution in [2.24, 2.45) is 5.92 Å². The molecule has 0 unspecified atom stereocenters. The first-order valence-electron chi connectivity index (χ1n) is 9.37. The number of likely N-dealkylation sites (tertiary alicyclic amines) is 1. The Morgan fingerprint density at radius 1 is 1.28 bits per heavy atom. The molecule has 0 atom stereocenters. The number of aromatic nitrogens is 1. The van der Waals surface area contributed by atoms with E-state index in [2.05, 4.69) is 26.2 Å². The molecule has 0 aromatic carbocycles. The highest BCUT2D eigenvalue weighted by Crippen LogP contribution is 2.25. The second-order valence-electron chi connectivity index (χ2n) is 6.96. The molecular weight excluding hydrogens is 314 g/mol. The van der Waals surface area contributed by atoms with Gasteiger partial charge in [0.1, 0.15) is 6.07 Å². The third-order valence-electron chi connectivity index (χ3n) is 5.28. The van der Waals surface area contributed by atoms with Gasteiger partial charge in [-0.25, -0.2) is 0 Å². The second-order valence-corrected chi connectivity index (χ2v) is 6.96. The zero-order valence-corrected chi connectivity index (χ0v) is 14.8. The summed E-state index contributed by atoms with van der Waals surface area (Å²) >= 11 is 0. The highest BCUT2D eigenvalue weighted by atomic mass is 16.1. The average Bonchev–Trinajstić information content (AvgIpc) is 3.18. The molecule has 1 N–H and O–H groups in total. The monoisotopic (exact) mass is 341 g/mol. The molecule has 1 amide bonds. The van der Waals surface area contributed by atoms with Gasteiger partial charge in [0.2, 0.25) is 5.91 Å². The first-order valence-corrected chi connectivity index (χ1v) is 9.37. The molecule has 6 heteroatoms. The summed E-state index contributed by atoms with van der Waals surface area (Å²) in [4.78, 5) is 21.1. The van der Waals surface area contributed by atoms with Gasteiger partial charge in [0.25, 0.3) is 0 Å². The Kier molecular flexibility index (Phi) is 6.24. The number of anilines is 1. The van der Waals surface area contributed by atoms with Crippen molar-refractivity contribution in [1.29, 1.82) is 5.26 Å². The van der Waals surface area contributed by atoms with Crippen molar-refractivity contribution >= 4 is 11.6 Å². The quantitative estimate of drug-likeness (QED) is 0.799. The number of nitriles is 1. The fraction of sp³-hybridized carbons (Fsp3) is 0.632. The second kappa shape index (κ2) is 8.82. The normalized spacial score (nSPS) is 18.9. The molecule has 1 aromatic rings. The molecular formula is C19H27N5O. The van der Waals surface area contributed by atoms with E-state index in [0.717, 1.165) is 51.1 Å². The van der Waals surface area contributed by atoms with Crippen LogP contribution in [-0.4, -0.2) is 55.1 Å². The highest BCUT2D eigenvalue weighted by Gasteiger charge is 2.26. The third-order valence-corrected chi connectivity index (χ3v) is 5.28. The zero-order chi connectivity index (χ0) is 17.5. The Morgan fingerprint density at radius 2 is 2.04 bits per heavy atom. The highest BCUT2D eigenvalue weighted by molar-refractivity contribution is 5.79. The Bertz CT molecular complexity index is 612. The van der Waals surface area contributed by atoms with E-state index in [4.69, 9.17) is 0 Å². The number of hydrogen-bond acceptors (Lipinski definition) is 5. The van der Waals surface area contributed by atoms with Crippen LogP contribution in [0.25, 0.3) is 0 Å². The first-order chi connectivity index (χ1) is 12.3. The van der Waals surface area contributed by atoms with Crippen LogP contribution in [-0.2, 0) is 4.79 Å². The molecule has 3 rings (SSSR count). The lowest BCUT2D eigenvalue weighted by molar-refractivity contribution is -0.125. The van der Waals surface area contributed by atoms with Gasteiger partial charge in [0.15, 0.2) is 0 Å². The van der Waals surface area contributed by atoms with Crippen molar-refractivity contribution in [3.8, 4) is 6.07 Å². The molecule has 3 heterocycles. The number of amides is 1. The maximum atomic E-state index is 12.4. The Balaban J connectivity index is 1.39. The van der Waals surface area contributed by atoms with Gasteiger partial charge in [0.05, 0.1) is 17.4 Å². The van der Waals surface area contributed by atoms with Crippen LogP contribution in [0.5, 0.6) is 0 Å². The van der Waals surface area contributed by atoms with Gasteiger partial charge < -0.3 is 15.1 Å². The summed E-state index contributed by atoms with van der Waals surface area (Å²) in [6.45, 7) is 5.89. The van der Waals surface area contributed by atoms with Crippen LogP contribution in [0.3, 0.4) is 0 Å². The van der Waals surface area contributed by atoms with E-state index in [1.165, 1.54) is 25.9 Å². The molecule has 2 aliphatic heterocycles. The fourth-order valence-corrected chi connectivity index (χ4v) is 3.78. The molecule has 25 heavy (non-hydrogen) atoms. The van der Waals surface area contributed by atoms with Crippen LogP contribution < -0.4 is 10.2 Å². The van der Waals surface area contributed by atoms with Gasteiger partial charge in [-0.2, -0.15) is 5.26 Å². The topological polar surface area (TPSA) is 72.3 Å². The number of pyridine rings is 1. The molecule has 0 radical (unpaired) electrons. The van der Waals surface area contributed by atoms with Gasteiger partial charge in [-0.3, -0.25) is 9.78 Å². The smallest absolute Gasteiger partial charge is 0.223 e. The molecule has 6 nitrogen and oxygen atoms in total. The fourth-order valence-electron chi connectivity index (χ4n) is 3.78. The Hall–Kier alpha value is -2.13. The van der Waals surface area contributed by atoms with E-state index in [1.807, 2.05) is 0 Å². The van der Waals surface area contributed by atoms with Crippen LogP contribution in [0.1, 0.15) is 37.7 Å². The lowest BCUT2D eigenvalue weighted by atomic mass is 9.95. The van der Waals surface area contributed by atoms with Crippen LogP contribution in [0.4, 0.5) is 5.69 Å². The maximum absolute atomic E-state index is 12.4. The molecule has 0 aliphatic carbocycles. The van der Waals surface area contributed by atoms with Crippen LogP contribution in [0.2, 0.25) is 0 Å². The minimum Gasteiger partial charge on any atom is -0.369 e. The number of carbonyl (C=O) groups is 1. The average molecular weight is 341 g/mol. The Morgan fingerprint density at radius 3 is 2.76 bits per heavy atom. The van der Waals surface area contributed by atoms with E-state index in [0.29, 0.717) is 5.56 Å². The van der Waals surface area contributed by atoms with E-state index in [1.54, 1.807) is 18.5 Å². The van der Waals surface area contributed by atoms with Crippen LogP contribution >= 0.6 is 0 Å². The molecule has 0 bridgehead atoms.